The molecule has 0 N–H and O–H groups in total. The summed E-state index contributed by atoms with van der Waals surface area (Å²) < 4.78 is 3.79. The quantitative estimate of drug-likeness (QED) is 0.741. The molecule has 0 bridgehead atoms. The number of rotatable bonds is 1. The first-order valence-electron chi connectivity index (χ1n) is 4.91. The molecule has 1 amide bonds. The van der Waals surface area contributed by atoms with Crippen LogP contribution in [0.5, 0.6) is 0 Å². The monoisotopic (exact) mass is 289 g/mol. The van der Waals surface area contributed by atoms with Crippen LogP contribution in [0.15, 0.2) is 0 Å². The molecule has 0 aromatic carbocycles. The van der Waals surface area contributed by atoms with E-state index in [9.17, 15) is 4.79 Å². The van der Waals surface area contributed by atoms with Gasteiger partial charge in [-0.2, -0.15) is 0 Å². The van der Waals surface area contributed by atoms with Crippen LogP contribution < -0.4 is 0 Å². The minimum Gasteiger partial charge on any atom is -0.337 e. The Morgan fingerprint density at radius 1 is 1.67 bits per heavy atom. The third-order valence-electron chi connectivity index (χ3n) is 2.50. The van der Waals surface area contributed by atoms with E-state index in [0.29, 0.717) is 9.70 Å². The zero-order valence-electron chi connectivity index (χ0n) is 8.44. The molecule has 1 aliphatic heterocycles. The van der Waals surface area contributed by atoms with Crippen LogP contribution in [0.1, 0.15) is 28.2 Å². The summed E-state index contributed by atoms with van der Waals surface area (Å²) >= 11 is 4.74. The van der Waals surface area contributed by atoms with Gasteiger partial charge in [-0.05, 0) is 31.3 Å². The minimum atomic E-state index is 0.0756. The van der Waals surface area contributed by atoms with E-state index in [4.69, 9.17) is 0 Å². The fourth-order valence-electron chi connectivity index (χ4n) is 1.68. The summed E-state index contributed by atoms with van der Waals surface area (Å²) in [5.74, 6) is 0.0756. The Kier molecular flexibility index (Phi) is 3.35. The Bertz CT molecular complexity index is 368. The predicted octanol–water partition coefficient (Wildman–Crippen LogP) is 1.85. The lowest BCUT2D eigenvalue weighted by Gasteiger charge is -2.29. The maximum Gasteiger partial charge on any atom is 0.267 e. The molecular formula is C9H12BrN3OS. The molecule has 1 aromatic rings. The predicted molar refractivity (Wildman–Crippen MR) is 62.5 cm³/mol. The van der Waals surface area contributed by atoms with Crippen LogP contribution in [0.2, 0.25) is 0 Å². The second-order valence-corrected chi connectivity index (χ2v) is 5.73. The summed E-state index contributed by atoms with van der Waals surface area (Å²) in [5, 5.41) is 3.86. The van der Waals surface area contributed by atoms with Gasteiger partial charge in [0.1, 0.15) is 4.88 Å². The van der Waals surface area contributed by atoms with Crippen LogP contribution in [0.3, 0.4) is 0 Å². The Balaban J connectivity index is 2.11. The van der Waals surface area contributed by atoms with E-state index in [2.05, 4.69) is 25.5 Å². The van der Waals surface area contributed by atoms with Crippen molar-refractivity contribution in [3.05, 3.63) is 10.6 Å². The lowest BCUT2D eigenvalue weighted by molar-refractivity contribution is 0.0734. The van der Waals surface area contributed by atoms with Crippen molar-refractivity contribution < 1.29 is 4.79 Å². The van der Waals surface area contributed by atoms with Crippen molar-refractivity contribution in [2.45, 2.75) is 24.6 Å². The highest BCUT2D eigenvalue weighted by Crippen LogP contribution is 2.20. The highest BCUT2D eigenvalue weighted by Gasteiger charge is 2.25. The van der Waals surface area contributed by atoms with E-state index in [1.165, 1.54) is 11.5 Å². The number of carbonyl (C=O) groups excluding carboxylic acids is 1. The molecule has 0 saturated carbocycles. The van der Waals surface area contributed by atoms with E-state index in [1.807, 2.05) is 11.8 Å². The molecule has 2 rings (SSSR count). The molecule has 1 saturated heterocycles. The van der Waals surface area contributed by atoms with Crippen LogP contribution in [0, 0.1) is 6.92 Å². The average molecular weight is 290 g/mol. The van der Waals surface area contributed by atoms with Crippen LogP contribution in [-0.4, -0.2) is 38.3 Å². The Hall–Kier alpha value is -0.490. The second-order valence-electron chi connectivity index (χ2n) is 3.68. The molecule has 1 aromatic heterocycles. The third kappa shape index (κ3) is 2.36. The number of halogens is 1. The molecule has 1 fully saturated rings. The van der Waals surface area contributed by atoms with E-state index in [0.717, 1.165) is 31.6 Å². The van der Waals surface area contributed by atoms with Gasteiger partial charge in [0.05, 0.1) is 5.69 Å². The van der Waals surface area contributed by atoms with Crippen molar-refractivity contribution in [3.63, 3.8) is 0 Å². The Morgan fingerprint density at radius 3 is 3.07 bits per heavy atom. The molecule has 15 heavy (non-hydrogen) atoms. The molecule has 1 atom stereocenters. The molecule has 0 aliphatic carbocycles. The summed E-state index contributed by atoms with van der Waals surface area (Å²) in [5.41, 5.74) is 0.738. The molecule has 1 aliphatic rings. The molecule has 82 valence electrons. The highest BCUT2D eigenvalue weighted by molar-refractivity contribution is 9.09. The number of likely N-dealkylation sites (tertiary alicyclic amines) is 1. The molecule has 4 nitrogen and oxygen atoms in total. The van der Waals surface area contributed by atoms with Crippen molar-refractivity contribution in [3.8, 4) is 0 Å². The molecule has 6 heteroatoms. The Labute approximate surface area is 101 Å². The summed E-state index contributed by atoms with van der Waals surface area (Å²) in [4.78, 5) is 15.0. The van der Waals surface area contributed by atoms with E-state index in [1.54, 1.807) is 0 Å². The number of hydrogen-bond acceptors (Lipinski definition) is 4. The smallest absolute Gasteiger partial charge is 0.267 e. The molecule has 0 spiro atoms. The first kappa shape index (κ1) is 11.0. The lowest BCUT2D eigenvalue weighted by atomic mass is 10.1. The van der Waals surface area contributed by atoms with Gasteiger partial charge in [-0.15, -0.1) is 5.10 Å². The number of aryl methyl sites for hydroxylation is 1. The molecule has 1 unspecified atom stereocenters. The number of hydrogen-bond donors (Lipinski definition) is 0. The first-order valence-corrected chi connectivity index (χ1v) is 6.59. The SMILES string of the molecule is Cc1nnsc1C(=O)N1CCCC(Br)C1. The van der Waals surface area contributed by atoms with Crippen molar-refractivity contribution >= 4 is 33.4 Å². The van der Waals surface area contributed by atoms with Crippen molar-refractivity contribution in [1.29, 1.82) is 0 Å². The summed E-state index contributed by atoms with van der Waals surface area (Å²) in [6.07, 6.45) is 2.20. The zero-order chi connectivity index (χ0) is 10.8. The van der Waals surface area contributed by atoms with E-state index < -0.39 is 0 Å². The van der Waals surface area contributed by atoms with Crippen molar-refractivity contribution in [2.24, 2.45) is 0 Å². The zero-order valence-corrected chi connectivity index (χ0v) is 10.8. The van der Waals surface area contributed by atoms with Gasteiger partial charge < -0.3 is 4.90 Å². The van der Waals surface area contributed by atoms with Crippen LogP contribution >= 0.6 is 27.5 Å². The molecule has 2 heterocycles. The normalized spacial score (nSPS) is 21.7. The van der Waals surface area contributed by atoms with Gasteiger partial charge >= 0.3 is 0 Å². The van der Waals surface area contributed by atoms with Crippen LogP contribution in [0.25, 0.3) is 0 Å². The van der Waals surface area contributed by atoms with Crippen LogP contribution in [0.4, 0.5) is 0 Å². The fourth-order valence-corrected chi connectivity index (χ4v) is 2.98. The standard InChI is InChI=1S/C9H12BrN3OS/c1-6-8(15-12-11-6)9(14)13-4-2-3-7(10)5-13/h7H,2-5H2,1H3. The number of carbonyl (C=O) groups is 1. The van der Waals surface area contributed by atoms with Crippen molar-refractivity contribution in [1.82, 2.24) is 14.5 Å². The summed E-state index contributed by atoms with van der Waals surface area (Å²) in [6.45, 7) is 3.46. The Morgan fingerprint density at radius 2 is 2.47 bits per heavy atom. The minimum absolute atomic E-state index is 0.0756. The number of nitrogens with zero attached hydrogens (tertiary/aromatic N) is 3. The van der Waals surface area contributed by atoms with Crippen molar-refractivity contribution in [2.75, 3.05) is 13.1 Å². The second kappa shape index (κ2) is 4.57. The fraction of sp³-hybridized carbons (Fsp3) is 0.667. The lowest BCUT2D eigenvalue weighted by Crippen LogP contribution is -2.40. The van der Waals surface area contributed by atoms with Gasteiger partial charge in [-0.25, -0.2) is 0 Å². The van der Waals surface area contributed by atoms with Gasteiger partial charge in [0.25, 0.3) is 5.91 Å². The van der Waals surface area contributed by atoms with E-state index in [-0.39, 0.29) is 5.91 Å². The number of amides is 1. The summed E-state index contributed by atoms with van der Waals surface area (Å²) in [7, 11) is 0. The largest absolute Gasteiger partial charge is 0.337 e. The topological polar surface area (TPSA) is 46.1 Å². The molecule has 0 radical (unpaired) electrons. The number of aromatic nitrogens is 2. The first-order chi connectivity index (χ1) is 7.18. The average Bonchev–Trinajstić information content (AvgIpc) is 2.63. The van der Waals surface area contributed by atoms with Gasteiger partial charge in [0, 0.05) is 17.9 Å². The highest BCUT2D eigenvalue weighted by atomic mass is 79.9. The number of piperidine rings is 1. The summed E-state index contributed by atoms with van der Waals surface area (Å²) in [6, 6.07) is 0. The maximum absolute atomic E-state index is 12.1. The van der Waals surface area contributed by atoms with Crippen LogP contribution in [-0.2, 0) is 0 Å². The van der Waals surface area contributed by atoms with Gasteiger partial charge in [-0.1, -0.05) is 20.4 Å². The molecular weight excluding hydrogens is 278 g/mol. The maximum atomic E-state index is 12.1. The van der Waals surface area contributed by atoms with Gasteiger partial charge in [0.15, 0.2) is 0 Å². The van der Waals surface area contributed by atoms with Gasteiger partial charge in [-0.3, -0.25) is 4.79 Å². The van der Waals surface area contributed by atoms with E-state index >= 15 is 0 Å². The number of alkyl halides is 1. The van der Waals surface area contributed by atoms with Gasteiger partial charge in [0.2, 0.25) is 0 Å². The third-order valence-corrected chi connectivity index (χ3v) is 4.06.